The van der Waals surface area contributed by atoms with Gasteiger partial charge >= 0.3 is 0 Å². The molecule has 0 bridgehead atoms. The van der Waals surface area contributed by atoms with Crippen LogP contribution in [0.4, 0.5) is 0 Å². The molecule has 11 nitrogen and oxygen atoms in total. The van der Waals surface area contributed by atoms with Crippen LogP contribution in [0.3, 0.4) is 0 Å². The van der Waals surface area contributed by atoms with Gasteiger partial charge in [0.05, 0.1) is 85.8 Å². The van der Waals surface area contributed by atoms with Crippen molar-refractivity contribution in [1.82, 2.24) is 10.2 Å². The van der Waals surface area contributed by atoms with Crippen LogP contribution in [0, 0.1) is 0 Å². The molecule has 0 rings (SSSR count). The number of rotatable bonds is 23. The van der Waals surface area contributed by atoms with Crippen LogP contribution in [0.1, 0.15) is 0 Å². The number of nitrogens with two attached hydrogens (primary N) is 1. The number of amides is 2. The summed E-state index contributed by atoms with van der Waals surface area (Å²) >= 11 is 0. The average Bonchev–Trinajstić information content (AvgIpc) is 2.72. The summed E-state index contributed by atoms with van der Waals surface area (Å²) in [6.45, 7) is 6.86. The van der Waals surface area contributed by atoms with E-state index in [4.69, 9.17) is 34.2 Å². The molecule has 0 radical (unpaired) electrons. The van der Waals surface area contributed by atoms with Crippen molar-refractivity contribution in [2.75, 3.05) is 106 Å². The van der Waals surface area contributed by atoms with Crippen LogP contribution in [-0.4, -0.2) is 123 Å². The van der Waals surface area contributed by atoms with Gasteiger partial charge in [-0.15, -0.1) is 0 Å². The summed E-state index contributed by atoms with van der Waals surface area (Å²) in [6, 6.07) is 0. The van der Waals surface area contributed by atoms with Gasteiger partial charge in [-0.3, -0.25) is 9.59 Å². The molecule has 0 heterocycles. The van der Waals surface area contributed by atoms with Crippen LogP contribution in [0.25, 0.3) is 0 Å². The van der Waals surface area contributed by atoms with Crippen LogP contribution >= 0.6 is 0 Å². The maximum absolute atomic E-state index is 11.4. The highest BCUT2D eigenvalue weighted by Crippen LogP contribution is 1.84. The molecular formula is C18H37N3O8. The topological polar surface area (TPSA) is 131 Å². The summed E-state index contributed by atoms with van der Waals surface area (Å²) in [6.07, 6.45) is 0.601. The second-order valence-corrected chi connectivity index (χ2v) is 5.83. The van der Waals surface area contributed by atoms with E-state index in [0.717, 1.165) is 0 Å². The lowest BCUT2D eigenvalue weighted by Gasteiger charge is -2.11. The van der Waals surface area contributed by atoms with Gasteiger partial charge in [0.2, 0.25) is 12.3 Å². The molecule has 0 spiro atoms. The largest absolute Gasteiger partial charge is 0.378 e. The van der Waals surface area contributed by atoms with E-state index in [2.05, 4.69) is 5.32 Å². The lowest BCUT2D eigenvalue weighted by atomic mass is 10.5. The first-order valence-electron chi connectivity index (χ1n) is 9.79. The second kappa shape index (κ2) is 22.9. The van der Waals surface area contributed by atoms with Gasteiger partial charge in [0.25, 0.3) is 0 Å². The Morgan fingerprint density at radius 2 is 1.14 bits per heavy atom. The lowest BCUT2D eigenvalue weighted by Crippen LogP contribution is -2.36. The van der Waals surface area contributed by atoms with E-state index in [1.807, 2.05) is 0 Å². The molecule has 3 N–H and O–H groups in total. The van der Waals surface area contributed by atoms with E-state index >= 15 is 0 Å². The predicted octanol–water partition coefficient (Wildman–Crippen LogP) is -1.75. The molecule has 0 aromatic rings. The van der Waals surface area contributed by atoms with Crippen molar-refractivity contribution in [3.05, 3.63) is 0 Å². The van der Waals surface area contributed by atoms with Gasteiger partial charge in [0, 0.05) is 20.1 Å². The first-order valence-corrected chi connectivity index (χ1v) is 9.79. The third-order valence-electron chi connectivity index (χ3n) is 3.26. The van der Waals surface area contributed by atoms with E-state index < -0.39 is 0 Å². The van der Waals surface area contributed by atoms with Crippen molar-refractivity contribution in [1.29, 1.82) is 0 Å². The number of carbonyl (C=O) groups is 2. The van der Waals surface area contributed by atoms with Crippen molar-refractivity contribution in [2.24, 2.45) is 5.73 Å². The highest BCUT2D eigenvalue weighted by molar-refractivity contribution is 5.79. The molecule has 0 saturated heterocycles. The molecule has 0 saturated carbocycles. The van der Waals surface area contributed by atoms with Crippen molar-refractivity contribution < 1.29 is 38.0 Å². The fourth-order valence-corrected chi connectivity index (χ4v) is 1.87. The maximum atomic E-state index is 11.4. The van der Waals surface area contributed by atoms with Gasteiger partial charge in [0.15, 0.2) is 0 Å². The summed E-state index contributed by atoms with van der Waals surface area (Å²) < 4.78 is 31.9. The quantitative estimate of drug-likeness (QED) is 0.145. The number of nitrogens with zero attached hydrogens (tertiary/aromatic N) is 1. The minimum atomic E-state index is -0.221. The third-order valence-corrected chi connectivity index (χ3v) is 3.26. The van der Waals surface area contributed by atoms with Crippen LogP contribution in [0.15, 0.2) is 0 Å². The van der Waals surface area contributed by atoms with Crippen LogP contribution in [-0.2, 0) is 38.0 Å². The number of hydrogen-bond acceptors (Lipinski definition) is 9. The highest BCUT2D eigenvalue weighted by Gasteiger charge is 2.03. The van der Waals surface area contributed by atoms with Crippen molar-refractivity contribution in [2.45, 2.75) is 0 Å². The molecule has 29 heavy (non-hydrogen) atoms. The molecule has 172 valence electrons. The summed E-state index contributed by atoms with van der Waals surface area (Å²) in [5, 5.41) is 2.65. The van der Waals surface area contributed by atoms with Gasteiger partial charge in [0.1, 0.15) is 0 Å². The van der Waals surface area contributed by atoms with Gasteiger partial charge in [-0.05, 0) is 0 Å². The van der Waals surface area contributed by atoms with Crippen LogP contribution in [0.5, 0.6) is 0 Å². The number of likely N-dealkylation sites (N-methyl/N-ethyl adjacent to an activating group) is 1. The van der Waals surface area contributed by atoms with Gasteiger partial charge < -0.3 is 44.4 Å². The molecular weight excluding hydrogens is 386 g/mol. The zero-order chi connectivity index (χ0) is 21.4. The van der Waals surface area contributed by atoms with E-state index in [0.29, 0.717) is 98.8 Å². The standard InChI is InChI=1S/C18H37N3O8/c1-21(17-22)16-18(23)20-3-5-25-7-9-27-11-13-29-15-14-28-12-10-26-8-6-24-4-2-19/h17H,2-16,19H2,1H3,(H,20,23). The van der Waals surface area contributed by atoms with Crippen molar-refractivity contribution in [3.63, 3.8) is 0 Å². The molecule has 0 aliphatic carbocycles. The molecule has 0 atom stereocenters. The molecule has 11 heteroatoms. The van der Waals surface area contributed by atoms with Crippen molar-refractivity contribution >= 4 is 12.3 Å². The molecule has 0 unspecified atom stereocenters. The molecule has 0 aliphatic heterocycles. The minimum absolute atomic E-state index is 0.0382. The minimum Gasteiger partial charge on any atom is -0.378 e. The van der Waals surface area contributed by atoms with E-state index in [9.17, 15) is 9.59 Å². The Labute approximate surface area is 173 Å². The molecule has 2 amide bonds. The summed E-state index contributed by atoms with van der Waals surface area (Å²) in [5.74, 6) is -0.221. The maximum Gasteiger partial charge on any atom is 0.239 e. The molecule has 0 aliphatic rings. The number of carbonyl (C=O) groups excluding carboxylic acids is 2. The average molecular weight is 424 g/mol. The van der Waals surface area contributed by atoms with Gasteiger partial charge in [-0.25, -0.2) is 0 Å². The Morgan fingerprint density at radius 1 is 0.759 bits per heavy atom. The Bertz CT molecular complexity index is 377. The Morgan fingerprint density at radius 3 is 1.52 bits per heavy atom. The number of nitrogens with one attached hydrogen (secondary N) is 1. The third kappa shape index (κ3) is 22.8. The Hall–Kier alpha value is -1.34. The van der Waals surface area contributed by atoms with E-state index in [-0.39, 0.29) is 12.5 Å². The van der Waals surface area contributed by atoms with Gasteiger partial charge in [-0.2, -0.15) is 0 Å². The summed E-state index contributed by atoms with van der Waals surface area (Å²) in [5.41, 5.74) is 5.30. The SMILES string of the molecule is CN(C=O)CC(=O)NCCOCCOCCOCCOCCOCCOCCN. The van der Waals surface area contributed by atoms with Crippen LogP contribution in [0.2, 0.25) is 0 Å². The zero-order valence-electron chi connectivity index (χ0n) is 17.5. The Kier molecular flexibility index (Phi) is 21.9. The lowest BCUT2D eigenvalue weighted by molar-refractivity contribution is -0.127. The second-order valence-electron chi connectivity index (χ2n) is 5.83. The number of ether oxygens (including phenoxy) is 6. The first kappa shape index (κ1) is 27.7. The first-order chi connectivity index (χ1) is 14.2. The predicted molar refractivity (Wildman–Crippen MR) is 106 cm³/mol. The highest BCUT2D eigenvalue weighted by atomic mass is 16.6. The smallest absolute Gasteiger partial charge is 0.239 e. The molecule has 0 fully saturated rings. The van der Waals surface area contributed by atoms with E-state index in [1.54, 1.807) is 0 Å². The Balaban J connectivity index is 3.10. The summed E-state index contributed by atoms with van der Waals surface area (Å²) in [4.78, 5) is 23.0. The van der Waals surface area contributed by atoms with Crippen molar-refractivity contribution in [3.8, 4) is 0 Å². The normalized spacial score (nSPS) is 10.8. The number of hydrogen-bond donors (Lipinski definition) is 2. The summed E-state index contributed by atoms with van der Waals surface area (Å²) in [7, 11) is 1.54. The fourth-order valence-electron chi connectivity index (χ4n) is 1.87. The zero-order valence-corrected chi connectivity index (χ0v) is 17.5. The van der Waals surface area contributed by atoms with E-state index in [1.165, 1.54) is 11.9 Å². The van der Waals surface area contributed by atoms with Crippen LogP contribution < -0.4 is 11.1 Å². The monoisotopic (exact) mass is 423 g/mol. The molecule has 0 aromatic heterocycles. The molecule has 0 aromatic carbocycles. The van der Waals surface area contributed by atoms with Gasteiger partial charge in [-0.1, -0.05) is 0 Å². The fraction of sp³-hybridized carbons (Fsp3) is 0.889.